The number of hydrogen-bond acceptors (Lipinski definition) is 6. The Labute approximate surface area is 194 Å². The van der Waals surface area contributed by atoms with E-state index in [1.54, 1.807) is 30.3 Å². The molecule has 0 aliphatic carbocycles. The number of nitrogens with zero attached hydrogens (tertiary/aromatic N) is 1. The number of aryl methyl sites for hydroxylation is 1. The summed E-state index contributed by atoms with van der Waals surface area (Å²) in [6.45, 7) is 1.14. The topological polar surface area (TPSA) is 132 Å². The Morgan fingerprint density at radius 2 is 1.97 bits per heavy atom. The van der Waals surface area contributed by atoms with Gasteiger partial charge in [-0.05, 0) is 42.3 Å². The van der Waals surface area contributed by atoms with E-state index in [2.05, 4.69) is 26.3 Å². The van der Waals surface area contributed by atoms with Crippen molar-refractivity contribution in [2.45, 2.75) is 12.8 Å². The van der Waals surface area contributed by atoms with Crippen LogP contribution in [0.5, 0.6) is 0 Å². The highest BCUT2D eigenvalue weighted by atomic mass is 35.5. The minimum absolute atomic E-state index is 0.136. The van der Waals surface area contributed by atoms with Crippen molar-refractivity contribution in [1.29, 1.82) is 0 Å². The second-order valence-corrected chi connectivity index (χ2v) is 7.75. The smallest absolute Gasteiger partial charge is 0.303 e. The van der Waals surface area contributed by atoms with Gasteiger partial charge in [-0.1, -0.05) is 29.3 Å². The number of guanidine groups is 1. The number of hydrogen-bond donors (Lipinski definition) is 5. The third-order valence-corrected chi connectivity index (χ3v) is 5.00. The van der Waals surface area contributed by atoms with Gasteiger partial charge in [0.1, 0.15) is 0 Å². The molecule has 1 heterocycles. The molecule has 0 atom stereocenters. The maximum Gasteiger partial charge on any atom is 0.303 e. The number of amides is 2. The van der Waals surface area contributed by atoms with Gasteiger partial charge in [0.2, 0.25) is 5.91 Å². The van der Waals surface area contributed by atoms with Crippen molar-refractivity contribution < 1.29 is 19.5 Å². The molecule has 1 aliphatic heterocycles. The first kappa shape index (κ1) is 23.4. The number of aliphatic carboxylic acids is 1. The molecule has 0 spiro atoms. The van der Waals surface area contributed by atoms with E-state index in [0.29, 0.717) is 34.3 Å². The normalized spacial score (nSPS) is 12.5. The van der Waals surface area contributed by atoms with Gasteiger partial charge in [0.15, 0.2) is 5.96 Å². The third-order valence-electron chi connectivity index (χ3n) is 4.48. The van der Waals surface area contributed by atoms with Crippen LogP contribution in [0.1, 0.15) is 22.3 Å². The number of carboxylic acid groups (broad SMARTS) is 1. The van der Waals surface area contributed by atoms with E-state index < -0.39 is 17.8 Å². The summed E-state index contributed by atoms with van der Waals surface area (Å²) >= 11 is 12.2. The molecule has 32 heavy (non-hydrogen) atoms. The van der Waals surface area contributed by atoms with Crippen LogP contribution in [0.15, 0.2) is 41.4 Å². The summed E-state index contributed by atoms with van der Waals surface area (Å²) in [5.41, 5.74) is 1.82. The van der Waals surface area contributed by atoms with Gasteiger partial charge in [-0.25, -0.2) is 0 Å². The van der Waals surface area contributed by atoms with Crippen LogP contribution in [0.25, 0.3) is 0 Å². The van der Waals surface area contributed by atoms with Gasteiger partial charge in [-0.3, -0.25) is 19.4 Å². The fourth-order valence-electron chi connectivity index (χ4n) is 3.01. The Morgan fingerprint density at radius 1 is 1.16 bits per heavy atom. The van der Waals surface area contributed by atoms with E-state index in [9.17, 15) is 14.4 Å². The summed E-state index contributed by atoms with van der Waals surface area (Å²) in [4.78, 5) is 40.0. The highest BCUT2D eigenvalue weighted by molar-refractivity contribution is 6.37. The standard InChI is InChI=1S/C21H21Cl2N5O4/c22-14-8-12(4-5-18(30)31)19(16(23)10-14)28-17(29)11-26-20(32)13-2-1-3-15(9-13)27-21-24-6-7-25-21/h1-3,8-10H,4-7,11H2,(H,26,32)(H,28,29)(H,30,31)(H2,24,25,27). The molecule has 168 valence electrons. The third kappa shape index (κ3) is 6.60. The highest BCUT2D eigenvalue weighted by Gasteiger charge is 2.15. The molecule has 2 amide bonds. The zero-order valence-electron chi connectivity index (χ0n) is 16.9. The zero-order valence-corrected chi connectivity index (χ0v) is 18.4. The van der Waals surface area contributed by atoms with Crippen molar-refractivity contribution in [2.24, 2.45) is 4.99 Å². The molecular weight excluding hydrogens is 457 g/mol. The predicted octanol–water partition coefficient (Wildman–Crippen LogP) is 2.75. The summed E-state index contributed by atoms with van der Waals surface area (Å²) in [6.07, 6.45) is -0.0138. The molecule has 0 fully saturated rings. The zero-order chi connectivity index (χ0) is 23.1. The minimum Gasteiger partial charge on any atom is -0.481 e. The fraction of sp³-hybridized carbons (Fsp3) is 0.238. The van der Waals surface area contributed by atoms with Gasteiger partial charge < -0.3 is 26.4 Å². The van der Waals surface area contributed by atoms with Crippen LogP contribution in [0.4, 0.5) is 11.4 Å². The lowest BCUT2D eigenvalue weighted by Gasteiger charge is -2.14. The van der Waals surface area contributed by atoms with E-state index >= 15 is 0 Å². The number of benzene rings is 2. The molecule has 0 bridgehead atoms. The minimum atomic E-state index is -0.988. The van der Waals surface area contributed by atoms with E-state index in [4.69, 9.17) is 28.3 Å². The number of nitrogens with one attached hydrogen (secondary N) is 4. The first-order valence-electron chi connectivity index (χ1n) is 9.75. The van der Waals surface area contributed by atoms with Crippen molar-refractivity contribution in [1.82, 2.24) is 10.6 Å². The van der Waals surface area contributed by atoms with Gasteiger partial charge in [0.05, 0.1) is 23.8 Å². The molecule has 0 aromatic heterocycles. The largest absolute Gasteiger partial charge is 0.481 e. The molecule has 0 radical (unpaired) electrons. The fourth-order valence-corrected chi connectivity index (χ4v) is 3.59. The summed E-state index contributed by atoms with van der Waals surface area (Å²) in [6, 6.07) is 9.79. The van der Waals surface area contributed by atoms with Gasteiger partial charge in [-0.15, -0.1) is 0 Å². The number of anilines is 2. The molecule has 5 N–H and O–H groups in total. The number of halogens is 2. The Balaban J connectivity index is 1.60. The van der Waals surface area contributed by atoms with E-state index in [1.165, 1.54) is 6.07 Å². The van der Waals surface area contributed by atoms with Crippen molar-refractivity contribution in [2.75, 3.05) is 30.3 Å². The highest BCUT2D eigenvalue weighted by Crippen LogP contribution is 2.31. The second-order valence-electron chi connectivity index (χ2n) is 6.91. The predicted molar refractivity (Wildman–Crippen MR) is 124 cm³/mol. The van der Waals surface area contributed by atoms with Gasteiger partial charge >= 0.3 is 5.97 Å². The van der Waals surface area contributed by atoms with Crippen LogP contribution in [0.2, 0.25) is 10.0 Å². The molecular formula is C21H21Cl2N5O4. The maximum absolute atomic E-state index is 12.5. The van der Waals surface area contributed by atoms with Crippen LogP contribution >= 0.6 is 23.2 Å². The summed E-state index contributed by atoms with van der Waals surface area (Å²) in [5, 5.41) is 20.8. The lowest BCUT2D eigenvalue weighted by atomic mass is 10.1. The van der Waals surface area contributed by atoms with Crippen molar-refractivity contribution >= 4 is 58.3 Å². The molecule has 0 unspecified atom stereocenters. The first-order chi connectivity index (χ1) is 15.3. The lowest BCUT2D eigenvalue weighted by molar-refractivity contribution is -0.137. The molecule has 3 rings (SSSR count). The Kier molecular flexibility index (Phi) is 7.91. The van der Waals surface area contributed by atoms with Gasteiger partial charge in [0.25, 0.3) is 5.91 Å². The van der Waals surface area contributed by atoms with Crippen LogP contribution < -0.4 is 21.3 Å². The number of carbonyl (C=O) groups is 3. The Hall–Kier alpha value is -3.30. The van der Waals surface area contributed by atoms with Crippen LogP contribution in [-0.4, -0.2) is 48.5 Å². The molecule has 1 aliphatic rings. The lowest BCUT2D eigenvalue weighted by Crippen LogP contribution is -2.33. The monoisotopic (exact) mass is 477 g/mol. The van der Waals surface area contributed by atoms with Crippen LogP contribution in [0, 0.1) is 0 Å². The van der Waals surface area contributed by atoms with Gasteiger partial charge in [-0.2, -0.15) is 0 Å². The van der Waals surface area contributed by atoms with E-state index in [0.717, 1.165) is 6.54 Å². The maximum atomic E-state index is 12.5. The summed E-state index contributed by atoms with van der Waals surface area (Å²) in [7, 11) is 0. The average Bonchev–Trinajstić information content (AvgIpc) is 3.25. The summed E-state index contributed by atoms with van der Waals surface area (Å²) in [5.74, 6) is -1.30. The number of aliphatic imine (C=N–C) groups is 1. The van der Waals surface area contributed by atoms with Crippen molar-refractivity contribution in [3.8, 4) is 0 Å². The summed E-state index contributed by atoms with van der Waals surface area (Å²) < 4.78 is 0. The number of rotatable bonds is 8. The first-order valence-corrected chi connectivity index (χ1v) is 10.5. The molecule has 11 heteroatoms. The SMILES string of the molecule is O=C(O)CCc1cc(Cl)cc(Cl)c1NC(=O)CNC(=O)c1cccc(NC2=NCCN2)c1. The van der Waals surface area contributed by atoms with Crippen molar-refractivity contribution in [3.05, 3.63) is 57.6 Å². The Morgan fingerprint density at radius 3 is 2.69 bits per heavy atom. The molecule has 2 aromatic rings. The molecule has 0 saturated heterocycles. The van der Waals surface area contributed by atoms with Gasteiger partial charge in [0, 0.05) is 29.2 Å². The molecule has 2 aromatic carbocycles. The second kappa shape index (κ2) is 10.8. The van der Waals surface area contributed by atoms with E-state index in [1.807, 2.05) is 0 Å². The van der Waals surface area contributed by atoms with Crippen LogP contribution in [0.3, 0.4) is 0 Å². The quantitative estimate of drug-likeness (QED) is 0.397. The van der Waals surface area contributed by atoms with Crippen LogP contribution in [-0.2, 0) is 16.0 Å². The molecule has 0 saturated carbocycles. The number of carbonyl (C=O) groups excluding carboxylic acids is 2. The number of carboxylic acids is 1. The van der Waals surface area contributed by atoms with E-state index in [-0.39, 0.29) is 30.1 Å². The van der Waals surface area contributed by atoms with Crippen molar-refractivity contribution in [3.63, 3.8) is 0 Å². The average molecular weight is 478 g/mol. The Bertz CT molecular complexity index is 1070. The molecule has 9 nitrogen and oxygen atoms in total.